The summed E-state index contributed by atoms with van der Waals surface area (Å²) in [7, 11) is 0. The van der Waals surface area contributed by atoms with E-state index in [0.29, 0.717) is 19.4 Å². The topological polar surface area (TPSA) is 87.7 Å². The number of alkyl carbamates (subject to hydrolysis) is 1. The Morgan fingerprint density at radius 3 is 2.62 bits per heavy atom. The van der Waals surface area contributed by atoms with Gasteiger partial charge in [-0.2, -0.15) is 0 Å². The van der Waals surface area contributed by atoms with Gasteiger partial charge >= 0.3 is 12.1 Å². The molecule has 0 aliphatic rings. The molecule has 0 bridgehead atoms. The summed E-state index contributed by atoms with van der Waals surface area (Å²) in [5.74, 6) is -0.813. The second-order valence-corrected chi connectivity index (χ2v) is 3.36. The number of hydrogen-bond donors (Lipinski definition) is 3. The maximum Gasteiger partial charge on any atom is 0.413 e. The normalized spacial score (nSPS) is 9.31. The van der Waals surface area contributed by atoms with E-state index in [9.17, 15) is 9.59 Å². The Hall–Kier alpha value is -1.37. The summed E-state index contributed by atoms with van der Waals surface area (Å²) < 4.78 is 4.62. The van der Waals surface area contributed by atoms with Crippen LogP contribution in [0.1, 0.15) is 26.2 Å². The molecule has 0 atom stereocenters. The van der Waals surface area contributed by atoms with Crippen molar-refractivity contribution in [3.8, 4) is 0 Å². The van der Waals surface area contributed by atoms with Crippen molar-refractivity contribution in [1.82, 2.24) is 10.6 Å². The molecule has 92 valence electrons. The number of rotatable bonds is 6. The first-order valence-corrected chi connectivity index (χ1v) is 5.40. The number of amides is 1. The van der Waals surface area contributed by atoms with Crippen LogP contribution in [0.2, 0.25) is 0 Å². The molecule has 0 rings (SSSR count). The van der Waals surface area contributed by atoms with Gasteiger partial charge in [-0.3, -0.25) is 10.1 Å². The smallest absolute Gasteiger partial charge is 0.413 e. The third kappa shape index (κ3) is 9.20. The molecule has 1 amide bonds. The minimum Gasteiger partial charge on any atom is -0.481 e. The summed E-state index contributed by atoms with van der Waals surface area (Å²) >= 11 is 4.81. The number of carboxylic acid groups (broad SMARTS) is 1. The number of carbonyl (C=O) groups is 2. The van der Waals surface area contributed by atoms with Crippen molar-refractivity contribution in [1.29, 1.82) is 0 Å². The molecular formula is C9H16N2O4S. The van der Waals surface area contributed by atoms with Gasteiger partial charge in [0.2, 0.25) is 0 Å². The lowest BCUT2D eigenvalue weighted by Gasteiger charge is -2.08. The van der Waals surface area contributed by atoms with Gasteiger partial charge in [0.1, 0.15) is 0 Å². The average molecular weight is 248 g/mol. The SMILES string of the molecule is CCOC(=O)NC(=S)NCCCCC(=O)O. The first kappa shape index (κ1) is 14.6. The molecule has 3 N–H and O–H groups in total. The lowest BCUT2D eigenvalue weighted by Crippen LogP contribution is -2.39. The summed E-state index contributed by atoms with van der Waals surface area (Å²) in [6.45, 7) is 2.51. The van der Waals surface area contributed by atoms with Gasteiger partial charge < -0.3 is 15.2 Å². The number of aliphatic carboxylic acids is 1. The van der Waals surface area contributed by atoms with Crippen molar-refractivity contribution in [2.75, 3.05) is 13.2 Å². The summed E-state index contributed by atoms with van der Waals surface area (Å²) in [4.78, 5) is 21.1. The second-order valence-electron chi connectivity index (χ2n) is 2.95. The van der Waals surface area contributed by atoms with Crippen molar-refractivity contribution < 1.29 is 19.4 Å². The maximum absolute atomic E-state index is 10.9. The van der Waals surface area contributed by atoms with Crippen LogP contribution in [-0.4, -0.2) is 35.4 Å². The van der Waals surface area contributed by atoms with Crippen LogP contribution in [0.3, 0.4) is 0 Å². The van der Waals surface area contributed by atoms with Crippen LogP contribution in [0.5, 0.6) is 0 Å². The molecule has 6 nitrogen and oxygen atoms in total. The van der Waals surface area contributed by atoms with Crippen molar-refractivity contribution in [2.24, 2.45) is 0 Å². The highest BCUT2D eigenvalue weighted by Crippen LogP contribution is 1.93. The van der Waals surface area contributed by atoms with Gasteiger partial charge in [-0.15, -0.1) is 0 Å². The highest BCUT2D eigenvalue weighted by molar-refractivity contribution is 7.80. The predicted molar refractivity (Wildman–Crippen MR) is 62.2 cm³/mol. The fourth-order valence-corrected chi connectivity index (χ4v) is 1.09. The fourth-order valence-electron chi connectivity index (χ4n) is 0.907. The molecule has 0 unspecified atom stereocenters. The molecule has 0 aromatic rings. The molecule has 0 spiro atoms. The number of carbonyl (C=O) groups excluding carboxylic acids is 1. The number of unbranched alkanes of at least 4 members (excludes halogenated alkanes) is 1. The lowest BCUT2D eigenvalue weighted by molar-refractivity contribution is -0.137. The van der Waals surface area contributed by atoms with E-state index < -0.39 is 12.1 Å². The zero-order valence-corrected chi connectivity index (χ0v) is 9.93. The number of ether oxygens (including phenoxy) is 1. The summed E-state index contributed by atoms with van der Waals surface area (Å²) in [5.41, 5.74) is 0. The summed E-state index contributed by atoms with van der Waals surface area (Å²) in [6.07, 6.45) is 0.798. The van der Waals surface area contributed by atoms with Gasteiger partial charge in [0.05, 0.1) is 6.61 Å². The standard InChI is InChI=1S/C9H16N2O4S/c1-2-15-9(14)11-8(16)10-6-4-3-5-7(12)13/h2-6H2,1H3,(H,12,13)(H2,10,11,14,16). The van der Waals surface area contributed by atoms with Gasteiger partial charge in [0, 0.05) is 13.0 Å². The van der Waals surface area contributed by atoms with Crippen LogP contribution in [0.15, 0.2) is 0 Å². The first-order valence-electron chi connectivity index (χ1n) is 4.99. The number of nitrogens with one attached hydrogen (secondary N) is 2. The Kier molecular flexibility index (Phi) is 8.14. The zero-order chi connectivity index (χ0) is 12.4. The van der Waals surface area contributed by atoms with E-state index in [0.717, 1.165) is 0 Å². The second kappa shape index (κ2) is 8.90. The van der Waals surface area contributed by atoms with Gasteiger partial charge in [0.15, 0.2) is 5.11 Å². The highest BCUT2D eigenvalue weighted by atomic mass is 32.1. The average Bonchev–Trinajstić information content (AvgIpc) is 2.16. The molecule has 0 radical (unpaired) electrons. The van der Waals surface area contributed by atoms with Gasteiger partial charge in [-0.05, 0) is 32.0 Å². The molecule has 0 saturated heterocycles. The van der Waals surface area contributed by atoms with Crippen molar-refractivity contribution in [3.05, 3.63) is 0 Å². The van der Waals surface area contributed by atoms with E-state index in [1.54, 1.807) is 6.92 Å². The molecule has 0 saturated carbocycles. The molecule has 0 heterocycles. The van der Waals surface area contributed by atoms with Crippen molar-refractivity contribution in [3.63, 3.8) is 0 Å². The molecular weight excluding hydrogens is 232 g/mol. The largest absolute Gasteiger partial charge is 0.481 e. The third-order valence-electron chi connectivity index (χ3n) is 1.59. The quantitative estimate of drug-likeness (QED) is 0.477. The molecule has 0 aliphatic heterocycles. The van der Waals surface area contributed by atoms with E-state index in [2.05, 4.69) is 15.4 Å². The van der Waals surface area contributed by atoms with Crippen LogP contribution < -0.4 is 10.6 Å². The van der Waals surface area contributed by atoms with Crippen LogP contribution in [-0.2, 0) is 9.53 Å². The monoisotopic (exact) mass is 248 g/mol. The first-order chi connectivity index (χ1) is 7.56. The molecule has 0 fully saturated rings. The Bertz CT molecular complexity index is 258. The Morgan fingerprint density at radius 1 is 1.38 bits per heavy atom. The summed E-state index contributed by atoms with van der Waals surface area (Å²) in [5, 5.41) is 13.7. The number of thiocarbonyl (C=S) groups is 1. The van der Waals surface area contributed by atoms with E-state index in [4.69, 9.17) is 17.3 Å². The van der Waals surface area contributed by atoms with Crippen LogP contribution in [0.25, 0.3) is 0 Å². The lowest BCUT2D eigenvalue weighted by atomic mass is 10.2. The number of carboxylic acids is 1. The van der Waals surface area contributed by atoms with E-state index in [1.165, 1.54) is 0 Å². The fraction of sp³-hybridized carbons (Fsp3) is 0.667. The molecule has 0 aromatic heterocycles. The minimum absolute atomic E-state index is 0.139. The Balaban J connectivity index is 3.43. The van der Waals surface area contributed by atoms with Gasteiger partial charge in [-0.25, -0.2) is 4.79 Å². The maximum atomic E-state index is 10.9. The Morgan fingerprint density at radius 2 is 2.06 bits per heavy atom. The van der Waals surface area contributed by atoms with Crippen molar-refractivity contribution in [2.45, 2.75) is 26.2 Å². The highest BCUT2D eigenvalue weighted by Gasteiger charge is 2.03. The number of hydrogen-bond acceptors (Lipinski definition) is 4. The van der Waals surface area contributed by atoms with Crippen LogP contribution >= 0.6 is 12.2 Å². The van der Waals surface area contributed by atoms with E-state index in [1.807, 2.05) is 0 Å². The van der Waals surface area contributed by atoms with E-state index in [-0.39, 0.29) is 18.1 Å². The van der Waals surface area contributed by atoms with Crippen LogP contribution in [0.4, 0.5) is 4.79 Å². The van der Waals surface area contributed by atoms with Crippen LogP contribution in [0, 0.1) is 0 Å². The summed E-state index contributed by atoms with van der Waals surface area (Å²) in [6, 6.07) is 0. The molecule has 16 heavy (non-hydrogen) atoms. The molecule has 7 heteroatoms. The Labute approximate surface area is 99.3 Å². The van der Waals surface area contributed by atoms with Gasteiger partial charge in [0.25, 0.3) is 0 Å². The predicted octanol–water partition coefficient (Wildman–Crippen LogP) is 0.862. The molecule has 0 aromatic carbocycles. The van der Waals surface area contributed by atoms with E-state index >= 15 is 0 Å². The zero-order valence-electron chi connectivity index (χ0n) is 9.12. The molecule has 0 aliphatic carbocycles. The minimum atomic E-state index is -0.813. The third-order valence-corrected chi connectivity index (χ3v) is 1.84. The van der Waals surface area contributed by atoms with Crippen molar-refractivity contribution >= 4 is 29.4 Å². The van der Waals surface area contributed by atoms with Gasteiger partial charge in [-0.1, -0.05) is 0 Å².